The summed E-state index contributed by atoms with van der Waals surface area (Å²) in [6.45, 7) is 6.74. The molecule has 2 aliphatic heterocycles. The predicted molar refractivity (Wildman–Crippen MR) is 82.8 cm³/mol. The molecule has 0 radical (unpaired) electrons. The Hall–Kier alpha value is -0.610. The molecule has 2 fully saturated rings. The zero-order chi connectivity index (χ0) is 14.2. The van der Waals surface area contributed by atoms with Gasteiger partial charge in [-0.15, -0.1) is 0 Å². The molecule has 2 aliphatic rings. The number of nitrogens with zero attached hydrogens (tertiary/aromatic N) is 1. The van der Waals surface area contributed by atoms with E-state index in [1.165, 1.54) is 38.6 Å². The minimum atomic E-state index is 0.0515. The largest absolute Gasteiger partial charge is 0.352 e. The summed E-state index contributed by atoms with van der Waals surface area (Å²) in [6.07, 6.45) is 9.44. The number of nitrogens with one attached hydrogen (secondary N) is 2. The molecule has 0 aromatic rings. The molecular formula is C16H31N3O. The molecule has 2 N–H and O–H groups in total. The lowest BCUT2D eigenvalue weighted by atomic mass is 10.0. The van der Waals surface area contributed by atoms with Crippen LogP contribution in [0.1, 0.15) is 58.3 Å². The normalized spacial score (nSPS) is 26.1. The van der Waals surface area contributed by atoms with Crippen molar-refractivity contribution in [2.75, 3.05) is 26.2 Å². The Labute approximate surface area is 123 Å². The Bertz CT molecular complexity index is 279. The van der Waals surface area contributed by atoms with Gasteiger partial charge >= 0.3 is 0 Å². The summed E-state index contributed by atoms with van der Waals surface area (Å²) < 4.78 is 0. The van der Waals surface area contributed by atoms with Crippen molar-refractivity contribution >= 4 is 5.91 Å². The number of carbonyl (C=O) groups is 1. The third-order valence-electron chi connectivity index (χ3n) is 4.64. The zero-order valence-electron chi connectivity index (χ0n) is 13.0. The summed E-state index contributed by atoms with van der Waals surface area (Å²) in [5.74, 6) is 0.235. The van der Waals surface area contributed by atoms with Gasteiger partial charge in [0, 0.05) is 19.1 Å². The Morgan fingerprint density at radius 3 is 2.75 bits per heavy atom. The summed E-state index contributed by atoms with van der Waals surface area (Å²) >= 11 is 0. The van der Waals surface area contributed by atoms with Gasteiger partial charge in [0.25, 0.3) is 0 Å². The van der Waals surface area contributed by atoms with Gasteiger partial charge in [-0.05, 0) is 45.2 Å². The number of amides is 1. The molecule has 0 aromatic carbocycles. The molecule has 2 heterocycles. The molecule has 1 amide bonds. The number of hydrogen-bond acceptors (Lipinski definition) is 3. The van der Waals surface area contributed by atoms with Crippen LogP contribution in [0, 0.1) is 0 Å². The molecular weight excluding hydrogens is 250 g/mol. The van der Waals surface area contributed by atoms with Gasteiger partial charge in [0.1, 0.15) is 0 Å². The number of hydrogen-bond donors (Lipinski definition) is 2. The number of piperidine rings is 1. The maximum absolute atomic E-state index is 12.3. The van der Waals surface area contributed by atoms with Gasteiger partial charge < -0.3 is 15.5 Å². The van der Waals surface area contributed by atoms with E-state index in [0.717, 1.165) is 38.9 Å². The highest BCUT2D eigenvalue weighted by Crippen LogP contribution is 2.13. The van der Waals surface area contributed by atoms with Crippen LogP contribution in [0.25, 0.3) is 0 Å². The molecule has 2 rings (SSSR count). The maximum atomic E-state index is 12.3. The topological polar surface area (TPSA) is 44.4 Å². The first-order chi connectivity index (χ1) is 9.79. The lowest BCUT2D eigenvalue weighted by molar-refractivity contribution is -0.124. The summed E-state index contributed by atoms with van der Waals surface area (Å²) in [5, 5.41) is 6.65. The molecule has 4 heteroatoms. The Morgan fingerprint density at radius 1 is 1.20 bits per heavy atom. The first kappa shape index (κ1) is 15.8. The predicted octanol–water partition coefficient (Wildman–Crippen LogP) is 1.90. The van der Waals surface area contributed by atoms with E-state index >= 15 is 0 Å². The van der Waals surface area contributed by atoms with Crippen LogP contribution in [0.15, 0.2) is 0 Å². The van der Waals surface area contributed by atoms with Crippen molar-refractivity contribution in [3.05, 3.63) is 0 Å². The second-order valence-corrected chi connectivity index (χ2v) is 6.33. The Kier molecular flexibility index (Phi) is 6.80. The van der Waals surface area contributed by atoms with Crippen LogP contribution in [0.2, 0.25) is 0 Å². The van der Waals surface area contributed by atoms with Crippen molar-refractivity contribution in [1.29, 1.82) is 0 Å². The van der Waals surface area contributed by atoms with Crippen molar-refractivity contribution in [3.8, 4) is 0 Å². The highest BCUT2D eigenvalue weighted by atomic mass is 16.2. The van der Waals surface area contributed by atoms with Crippen LogP contribution in [0.4, 0.5) is 0 Å². The third kappa shape index (κ3) is 5.06. The standard InChI is InChI=1S/C16H31N3O/c1-2-3-11-19-12-8-14(9-13-19)18-16(20)15-7-5-4-6-10-17-15/h14-15,17H,2-13H2,1H3,(H,18,20). The number of carbonyl (C=O) groups excluding carboxylic acids is 1. The molecule has 116 valence electrons. The minimum absolute atomic E-state index is 0.0515. The van der Waals surface area contributed by atoms with Crippen LogP contribution in [0.5, 0.6) is 0 Å². The monoisotopic (exact) mass is 281 g/mol. The van der Waals surface area contributed by atoms with E-state index in [9.17, 15) is 4.79 Å². The fourth-order valence-corrected chi connectivity index (χ4v) is 3.24. The van der Waals surface area contributed by atoms with E-state index in [-0.39, 0.29) is 11.9 Å². The van der Waals surface area contributed by atoms with Crippen molar-refractivity contribution in [1.82, 2.24) is 15.5 Å². The Morgan fingerprint density at radius 2 is 2.00 bits per heavy atom. The molecule has 20 heavy (non-hydrogen) atoms. The molecule has 1 atom stereocenters. The summed E-state index contributed by atoms with van der Waals surface area (Å²) in [4.78, 5) is 14.8. The lowest BCUT2D eigenvalue weighted by Gasteiger charge is -2.33. The highest BCUT2D eigenvalue weighted by Gasteiger charge is 2.24. The van der Waals surface area contributed by atoms with E-state index < -0.39 is 0 Å². The van der Waals surface area contributed by atoms with Gasteiger partial charge in [-0.25, -0.2) is 0 Å². The van der Waals surface area contributed by atoms with E-state index in [1.54, 1.807) is 0 Å². The minimum Gasteiger partial charge on any atom is -0.352 e. The average molecular weight is 281 g/mol. The highest BCUT2D eigenvalue weighted by molar-refractivity contribution is 5.82. The summed E-state index contributed by atoms with van der Waals surface area (Å²) in [6, 6.07) is 0.445. The van der Waals surface area contributed by atoms with E-state index in [4.69, 9.17) is 0 Å². The number of unbranched alkanes of at least 4 members (excludes halogenated alkanes) is 1. The first-order valence-corrected chi connectivity index (χ1v) is 8.55. The fourth-order valence-electron chi connectivity index (χ4n) is 3.24. The summed E-state index contributed by atoms with van der Waals surface area (Å²) in [5.41, 5.74) is 0. The molecule has 0 aromatic heterocycles. The summed E-state index contributed by atoms with van der Waals surface area (Å²) in [7, 11) is 0. The van der Waals surface area contributed by atoms with Crippen LogP contribution >= 0.6 is 0 Å². The van der Waals surface area contributed by atoms with Crippen molar-refractivity contribution < 1.29 is 4.79 Å². The second kappa shape index (κ2) is 8.63. The Balaban J connectivity index is 1.67. The van der Waals surface area contributed by atoms with Crippen molar-refractivity contribution in [2.24, 2.45) is 0 Å². The molecule has 0 aliphatic carbocycles. The van der Waals surface area contributed by atoms with Crippen LogP contribution in [0.3, 0.4) is 0 Å². The van der Waals surface area contributed by atoms with Gasteiger partial charge in [-0.3, -0.25) is 4.79 Å². The van der Waals surface area contributed by atoms with Gasteiger partial charge in [-0.1, -0.05) is 26.2 Å². The molecule has 0 spiro atoms. The second-order valence-electron chi connectivity index (χ2n) is 6.33. The van der Waals surface area contributed by atoms with Crippen LogP contribution in [-0.4, -0.2) is 49.1 Å². The fraction of sp³-hybridized carbons (Fsp3) is 0.938. The van der Waals surface area contributed by atoms with Crippen molar-refractivity contribution in [2.45, 2.75) is 70.4 Å². The van der Waals surface area contributed by atoms with Crippen LogP contribution < -0.4 is 10.6 Å². The smallest absolute Gasteiger partial charge is 0.237 e. The molecule has 1 unspecified atom stereocenters. The van der Waals surface area contributed by atoms with Gasteiger partial charge in [0.15, 0.2) is 0 Å². The third-order valence-corrected chi connectivity index (χ3v) is 4.64. The van der Waals surface area contributed by atoms with Gasteiger partial charge in [-0.2, -0.15) is 0 Å². The quantitative estimate of drug-likeness (QED) is 0.809. The lowest BCUT2D eigenvalue weighted by Crippen LogP contribution is -2.50. The van der Waals surface area contributed by atoms with Gasteiger partial charge in [0.2, 0.25) is 5.91 Å². The van der Waals surface area contributed by atoms with Crippen molar-refractivity contribution in [3.63, 3.8) is 0 Å². The zero-order valence-corrected chi connectivity index (χ0v) is 13.0. The molecule has 0 bridgehead atoms. The van der Waals surface area contributed by atoms with E-state index in [0.29, 0.717) is 6.04 Å². The molecule has 2 saturated heterocycles. The number of likely N-dealkylation sites (tertiary alicyclic amines) is 1. The maximum Gasteiger partial charge on any atom is 0.237 e. The van der Waals surface area contributed by atoms with Crippen LogP contribution in [-0.2, 0) is 4.79 Å². The van der Waals surface area contributed by atoms with E-state index in [1.807, 2.05) is 0 Å². The number of rotatable bonds is 5. The first-order valence-electron chi connectivity index (χ1n) is 8.55. The SMILES string of the molecule is CCCCN1CCC(NC(=O)C2CCCCCN2)CC1. The average Bonchev–Trinajstić information content (AvgIpc) is 2.75. The molecule has 4 nitrogen and oxygen atoms in total. The molecule has 0 saturated carbocycles. The van der Waals surface area contributed by atoms with Gasteiger partial charge in [0.05, 0.1) is 6.04 Å². The van der Waals surface area contributed by atoms with E-state index in [2.05, 4.69) is 22.5 Å².